The van der Waals surface area contributed by atoms with Crippen molar-refractivity contribution in [2.45, 2.75) is 18.9 Å². The van der Waals surface area contributed by atoms with E-state index in [4.69, 9.17) is 15.6 Å². The number of benzene rings is 2. The summed E-state index contributed by atoms with van der Waals surface area (Å²) in [5.41, 5.74) is 11.2. The summed E-state index contributed by atoms with van der Waals surface area (Å²) in [4.78, 5) is 22.8. The molecule has 6 rings (SSSR count). The Kier molecular flexibility index (Phi) is 5.06. The van der Waals surface area contributed by atoms with Crippen LogP contribution in [-0.4, -0.2) is 43.6 Å². The second-order valence-corrected chi connectivity index (χ2v) is 8.77. The molecule has 35 heavy (non-hydrogen) atoms. The van der Waals surface area contributed by atoms with Gasteiger partial charge < -0.3 is 15.4 Å². The first-order valence-corrected chi connectivity index (χ1v) is 11.6. The van der Waals surface area contributed by atoms with Gasteiger partial charge in [0.25, 0.3) is 0 Å². The molecule has 0 saturated carbocycles. The zero-order chi connectivity index (χ0) is 23.9. The summed E-state index contributed by atoms with van der Waals surface area (Å²) < 4.78 is 7.89. The zero-order valence-electron chi connectivity index (χ0n) is 19.1. The Morgan fingerprint density at radius 1 is 1.06 bits per heavy atom. The van der Waals surface area contributed by atoms with Gasteiger partial charge in [-0.3, -0.25) is 4.79 Å². The first-order chi connectivity index (χ1) is 17.1. The van der Waals surface area contributed by atoms with E-state index in [0.717, 1.165) is 41.0 Å². The second kappa shape index (κ2) is 8.39. The van der Waals surface area contributed by atoms with E-state index in [2.05, 4.69) is 16.5 Å². The summed E-state index contributed by atoms with van der Waals surface area (Å²) in [5.74, 6) is 1.85. The van der Waals surface area contributed by atoms with Crippen LogP contribution >= 0.6 is 0 Å². The summed E-state index contributed by atoms with van der Waals surface area (Å²) in [6, 6.07) is 17.5. The minimum atomic E-state index is -0.0476. The number of carbonyl (C=O) groups excluding carboxylic acids is 1. The second-order valence-electron chi connectivity index (χ2n) is 8.77. The Morgan fingerprint density at radius 2 is 1.83 bits per heavy atom. The maximum Gasteiger partial charge on any atom is 0.246 e. The Hall–Kier alpha value is -4.46. The van der Waals surface area contributed by atoms with Gasteiger partial charge in [-0.25, -0.2) is 14.6 Å². The standard InChI is InChI=1S/C27H24N6O2/c1-2-23(34)32-14-18-10-13-22(21(18)15-32)33-27-24(26(28)29-16-30-27)25(31-33)17-8-11-20(12-9-17)35-19-6-4-3-5-7-19/h2-9,11-12,16,22H,1,10,13-15H2,(H2,28,29,30)/t22-/m0/s1. The van der Waals surface area contributed by atoms with Crippen LogP contribution in [0.1, 0.15) is 18.9 Å². The number of hydrogen-bond donors (Lipinski definition) is 1. The van der Waals surface area contributed by atoms with Gasteiger partial charge in [0.1, 0.15) is 29.3 Å². The molecule has 0 spiro atoms. The number of carbonyl (C=O) groups is 1. The van der Waals surface area contributed by atoms with Crippen molar-refractivity contribution in [3.63, 3.8) is 0 Å². The SMILES string of the molecule is C=CC(=O)N1CC2=C(C1)[C@@H](n1nc(-c3ccc(Oc4ccccc4)cc3)c3c(N)ncnc31)CC2. The van der Waals surface area contributed by atoms with Crippen LogP contribution < -0.4 is 10.5 Å². The summed E-state index contributed by atoms with van der Waals surface area (Å²) in [7, 11) is 0. The predicted molar refractivity (Wildman–Crippen MR) is 134 cm³/mol. The molecule has 0 saturated heterocycles. The molecule has 1 aliphatic carbocycles. The Morgan fingerprint density at radius 3 is 2.60 bits per heavy atom. The van der Waals surface area contributed by atoms with E-state index < -0.39 is 0 Å². The number of ether oxygens (including phenoxy) is 1. The summed E-state index contributed by atoms with van der Waals surface area (Å²) in [6.07, 6.45) is 4.70. The molecular formula is C27H24N6O2. The quantitative estimate of drug-likeness (QED) is 0.344. The number of anilines is 1. The van der Waals surface area contributed by atoms with Crippen molar-refractivity contribution in [2.75, 3.05) is 18.8 Å². The number of rotatable bonds is 5. The lowest BCUT2D eigenvalue weighted by Gasteiger charge is -2.20. The number of nitrogens with zero attached hydrogens (tertiary/aromatic N) is 5. The van der Waals surface area contributed by atoms with Gasteiger partial charge in [0.05, 0.1) is 11.4 Å². The highest BCUT2D eigenvalue weighted by Gasteiger charge is 2.36. The molecule has 0 fully saturated rings. The number of nitrogen functional groups attached to an aromatic ring is 1. The molecule has 2 aliphatic rings. The fraction of sp³-hybridized carbons (Fsp3) is 0.185. The van der Waals surface area contributed by atoms with Crippen LogP contribution in [0.3, 0.4) is 0 Å². The fourth-order valence-electron chi connectivity index (χ4n) is 5.05. The van der Waals surface area contributed by atoms with E-state index in [-0.39, 0.29) is 11.9 Å². The van der Waals surface area contributed by atoms with E-state index in [9.17, 15) is 4.79 Å². The topological polar surface area (TPSA) is 99.2 Å². The van der Waals surface area contributed by atoms with Crippen LogP contribution in [0.25, 0.3) is 22.3 Å². The van der Waals surface area contributed by atoms with E-state index in [1.807, 2.05) is 64.2 Å². The maximum atomic E-state index is 12.2. The smallest absolute Gasteiger partial charge is 0.246 e. The molecule has 8 heteroatoms. The number of fused-ring (bicyclic) bond motifs is 1. The van der Waals surface area contributed by atoms with Crippen LogP contribution in [0.4, 0.5) is 5.82 Å². The maximum absolute atomic E-state index is 12.2. The minimum Gasteiger partial charge on any atom is -0.457 e. The molecular weight excluding hydrogens is 440 g/mol. The molecule has 2 N–H and O–H groups in total. The monoisotopic (exact) mass is 464 g/mol. The molecule has 2 aromatic heterocycles. The van der Waals surface area contributed by atoms with Crippen molar-refractivity contribution in [3.8, 4) is 22.8 Å². The van der Waals surface area contributed by atoms with Crippen molar-refractivity contribution in [2.24, 2.45) is 0 Å². The van der Waals surface area contributed by atoms with Crippen molar-refractivity contribution in [1.82, 2.24) is 24.6 Å². The summed E-state index contributed by atoms with van der Waals surface area (Å²) >= 11 is 0. The molecule has 0 bridgehead atoms. The van der Waals surface area contributed by atoms with Crippen LogP contribution in [0.15, 0.2) is 84.7 Å². The van der Waals surface area contributed by atoms with Gasteiger partial charge in [-0.15, -0.1) is 0 Å². The summed E-state index contributed by atoms with van der Waals surface area (Å²) in [5, 5.41) is 5.73. The average molecular weight is 465 g/mol. The predicted octanol–water partition coefficient (Wildman–Crippen LogP) is 4.53. The average Bonchev–Trinajstić information content (AvgIpc) is 3.58. The van der Waals surface area contributed by atoms with Crippen molar-refractivity contribution >= 4 is 22.8 Å². The van der Waals surface area contributed by atoms with Crippen LogP contribution in [0.5, 0.6) is 11.5 Å². The lowest BCUT2D eigenvalue weighted by molar-refractivity contribution is -0.124. The highest BCUT2D eigenvalue weighted by Crippen LogP contribution is 2.43. The first-order valence-electron chi connectivity index (χ1n) is 11.6. The molecule has 2 aromatic carbocycles. The number of hydrogen-bond acceptors (Lipinski definition) is 6. The third-order valence-corrected chi connectivity index (χ3v) is 6.73. The van der Waals surface area contributed by atoms with E-state index in [1.54, 1.807) is 0 Å². The summed E-state index contributed by atoms with van der Waals surface area (Å²) in [6.45, 7) is 4.87. The van der Waals surface area contributed by atoms with Crippen molar-refractivity contribution < 1.29 is 9.53 Å². The molecule has 1 atom stereocenters. The van der Waals surface area contributed by atoms with E-state index >= 15 is 0 Å². The largest absolute Gasteiger partial charge is 0.457 e. The number of aromatic nitrogens is 4. The third-order valence-electron chi connectivity index (χ3n) is 6.73. The zero-order valence-corrected chi connectivity index (χ0v) is 19.1. The molecule has 174 valence electrons. The van der Waals surface area contributed by atoms with E-state index in [0.29, 0.717) is 24.6 Å². The van der Waals surface area contributed by atoms with Gasteiger partial charge in [0.15, 0.2) is 5.65 Å². The number of para-hydroxylation sites is 1. The molecule has 3 heterocycles. The number of amides is 1. The normalized spacial score (nSPS) is 17.1. The van der Waals surface area contributed by atoms with Crippen LogP contribution in [0.2, 0.25) is 0 Å². The van der Waals surface area contributed by atoms with Gasteiger partial charge in [-0.2, -0.15) is 5.10 Å². The molecule has 4 aromatic rings. The molecule has 1 amide bonds. The molecule has 1 aliphatic heterocycles. The number of nitrogens with two attached hydrogens (primary N) is 1. The van der Waals surface area contributed by atoms with Gasteiger partial charge in [0, 0.05) is 18.7 Å². The highest BCUT2D eigenvalue weighted by molar-refractivity contribution is 5.98. The van der Waals surface area contributed by atoms with Crippen molar-refractivity contribution in [1.29, 1.82) is 0 Å². The lowest BCUT2D eigenvalue weighted by atomic mass is 10.1. The Labute approximate surface area is 202 Å². The first kappa shape index (κ1) is 21.1. The van der Waals surface area contributed by atoms with Gasteiger partial charge in [-0.05, 0) is 66.5 Å². The van der Waals surface area contributed by atoms with E-state index in [1.165, 1.54) is 23.5 Å². The Balaban J connectivity index is 1.36. The third kappa shape index (κ3) is 3.63. The van der Waals surface area contributed by atoms with Crippen LogP contribution in [0, 0.1) is 0 Å². The van der Waals surface area contributed by atoms with Gasteiger partial charge >= 0.3 is 0 Å². The van der Waals surface area contributed by atoms with Crippen LogP contribution in [-0.2, 0) is 4.79 Å². The lowest BCUT2D eigenvalue weighted by Crippen LogP contribution is -2.29. The fourth-order valence-corrected chi connectivity index (χ4v) is 5.05. The molecule has 8 nitrogen and oxygen atoms in total. The highest BCUT2D eigenvalue weighted by atomic mass is 16.5. The molecule has 0 radical (unpaired) electrons. The number of likely N-dealkylation sites (tertiary alicyclic amines) is 1. The molecule has 0 unspecified atom stereocenters. The van der Waals surface area contributed by atoms with Gasteiger partial charge in [0.2, 0.25) is 5.91 Å². The Bertz CT molecular complexity index is 1470. The van der Waals surface area contributed by atoms with Gasteiger partial charge in [-0.1, -0.05) is 24.8 Å². The van der Waals surface area contributed by atoms with Crippen molar-refractivity contribution in [3.05, 3.63) is 84.7 Å². The minimum absolute atomic E-state index is 0.0267.